The molecule has 2 N–H and O–H groups in total. The van der Waals surface area contributed by atoms with Gasteiger partial charge in [0.15, 0.2) is 11.8 Å². The Morgan fingerprint density at radius 2 is 1.76 bits per heavy atom. The molecule has 11 heteroatoms. The van der Waals surface area contributed by atoms with Gasteiger partial charge in [0.25, 0.3) is 6.01 Å². The Kier molecular flexibility index (Phi) is 5.31. The maximum absolute atomic E-state index is 11.8. The van der Waals surface area contributed by atoms with Crippen LogP contribution in [0.2, 0.25) is 5.02 Å². The van der Waals surface area contributed by atoms with E-state index in [1.165, 1.54) is 11.0 Å². The standard InChI is InChI=1S/C26H21ClN6O4/c27-18-11-19-24(32-25(30-19)37-21-12-36-20-9-10-35-23(20)21)31-22(18)16-3-1-14(2-4-16)15-5-7-17(8-6-15)33-26(34)28-13-29-33/h1-8,11,13,20-21,23H,9-10,12H2,(H,28,29,34)(H,30,31,32)/t20-,21?,23+/m1/s1. The summed E-state index contributed by atoms with van der Waals surface area (Å²) < 4.78 is 18.9. The van der Waals surface area contributed by atoms with Crippen LogP contribution in [0.15, 0.2) is 65.7 Å². The third-order valence-electron chi connectivity index (χ3n) is 6.75. The van der Waals surface area contributed by atoms with E-state index < -0.39 is 0 Å². The lowest BCUT2D eigenvalue weighted by Gasteiger charge is -2.15. The molecule has 37 heavy (non-hydrogen) atoms. The molecule has 2 aliphatic rings. The first-order valence-electron chi connectivity index (χ1n) is 11.9. The van der Waals surface area contributed by atoms with E-state index in [0.29, 0.717) is 46.8 Å². The number of pyridine rings is 1. The highest BCUT2D eigenvalue weighted by molar-refractivity contribution is 6.33. The fourth-order valence-electron chi connectivity index (χ4n) is 4.88. The molecule has 5 aromatic rings. The highest BCUT2D eigenvalue weighted by Gasteiger charge is 2.43. The van der Waals surface area contributed by atoms with Crippen molar-refractivity contribution in [2.24, 2.45) is 0 Å². The summed E-state index contributed by atoms with van der Waals surface area (Å²) in [5.74, 6) is 0. The molecule has 3 atom stereocenters. The smallest absolute Gasteiger partial charge is 0.347 e. The Hall–Kier alpha value is -3.99. The number of H-pyrrole nitrogens is 2. The maximum atomic E-state index is 11.8. The molecule has 0 bridgehead atoms. The SMILES string of the molecule is O=c1[nH]cnn1-c1ccc(-c2ccc(-c3nc4nc(OC5CO[C@@H]6CCO[C@H]56)[nH]c4cc3Cl)cc2)cc1. The number of fused-ring (bicyclic) bond motifs is 2. The Labute approximate surface area is 215 Å². The number of nitrogens with zero attached hydrogens (tertiary/aromatic N) is 4. The zero-order valence-corrected chi connectivity index (χ0v) is 20.2. The fraction of sp³-hybridized carbons (Fsp3) is 0.231. The minimum atomic E-state index is -0.280. The molecular formula is C26H21ClN6O4. The first kappa shape index (κ1) is 22.2. The summed E-state index contributed by atoms with van der Waals surface area (Å²) in [5.41, 5.74) is 5.15. The molecule has 2 aliphatic heterocycles. The van der Waals surface area contributed by atoms with E-state index in [-0.39, 0.29) is 24.0 Å². The first-order valence-corrected chi connectivity index (χ1v) is 12.3. The minimum absolute atomic E-state index is 0.0664. The number of benzene rings is 2. The van der Waals surface area contributed by atoms with Crippen molar-refractivity contribution in [2.45, 2.75) is 24.7 Å². The van der Waals surface area contributed by atoms with Gasteiger partial charge in [0.2, 0.25) is 0 Å². The molecule has 2 fully saturated rings. The maximum Gasteiger partial charge on any atom is 0.347 e. The van der Waals surface area contributed by atoms with E-state index >= 15 is 0 Å². The normalized spacial score (nSPS) is 20.9. The van der Waals surface area contributed by atoms with Gasteiger partial charge in [0, 0.05) is 12.2 Å². The second-order valence-corrected chi connectivity index (χ2v) is 9.42. The summed E-state index contributed by atoms with van der Waals surface area (Å²) in [6, 6.07) is 17.7. The number of ether oxygens (including phenoxy) is 3. The average molecular weight is 517 g/mol. The average Bonchev–Trinajstić information content (AvgIpc) is 3.70. The lowest BCUT2D eigenvalue weighted by Crippen LogP contribution is -2.32. The van der Waals surface area contributed by atoms with Gasteiger partial charge in [-0.2, -0.15) is 14.8 Å². The number of aromatic nitrogens is 6. The Morgan fingerprint density at radius 1 is 1.00 bits per heavy atom. The Morgan fingerprint density at radius 3 is 2.51 bits per heavy atom. The molecule has 0 saturated carbocycles. The molecule has 5 heterocycles. The molecule has 0 aliphatic carbocycles. The van der Waals surface area contributed by atoms with Gasteiger partial charge in [0.1, 0.15) is 12.4 Å². The summed E-state index contributed by atoms with van der Waals surface area (Å²) in [4.78, 5) is 26.7. The molecule has 7 rings (SSSR count). The van der Waals surface area contributed by atoms with Crippen LogP contribution in [0.1, 0.15) is 6.42 Å². The van der Waals surface area contributed by atoms with Gasteiger partial charge in [0.05, 0.1) is 34.6 Å². The quantitative estimate of drug-likeness (QED) is 0.365. The van der Waals surface area contributed by atoms with Crippen molar-refractivity contribution in [1.29, 1.82) is 0 Å². The van der Waals surface area contributed by atoms with E-state index in [2.05, 4.69) is 20.1 Å². The molecule has 2 saturated heterocycles. The lowest BCUT2D eigenvalue weighted by atomic mass is 10.0. The number of rotatable bonds is 5. The van der Waals surface area contributed by atoms with Crippen molar-refractivity contribution in [3.63, 3.8) is 0 Å². The van der Waals surface area contributed by atoms with Gasteiger partial charge in [-0.15, -0.1) is 0 Å². The highest BCUT2D eigenvalue weighted by atomic mass is 35.5. The molecule has 3 aromatic heterocycles. The molecule has 1 unspecified atom stereocenters. The number of halogens is 1. The Balaban J connectivity index is 1.12. The van der Waals surface area contributed by atoms with E-state index in [4.69, 9.17) is 30.8 Å². The second kappa shape index (κ2) is 8.84. The van der Waals surface area contributed by atoms with Crippen molar-refractivity contribution < 1.29 is 14.2 Å². The summed E-state index contributed by atoms with van der Waals surface area (Å²) in [6.45, 7) is 1.16. The summed E-state index contributed by atoms with van der Waals surface area (Å²) in [7, 11) is 0. The van der Waals surface area contributed by atoms with E-state index in [1.807, 2.05) is 54.6 Å². The van der Waals surface area contributed by atoms with Gasteiger partial charge < -0.3 is 19.2 Å². The van der Waals surface area contributed by atoms with Crippen LogP contribution in [-0.2, 0) is 9.47 Å². The largest absolute Gasteiger partial charge is 0.456 e. The topological polar surface area (TPSA) is 120 Å². The zero-order valence-electron chi connectivity index (χ0n) is 19.4. The van der Waals surface area contributed by atoms with Crippen LogP contribution in [0, 0.1) is 0 Å². The van der Waals surface area contributed by atoms with Gasteiger partial charge in [-0.25, -0.2) is 9.78 Å². The van der Waals surface area contributed by atoms with Crippen LogP contribution in [0.3, 0.4) is 0 Å². The van der Waals surface area contributed by atoms with Crippen LogP contribution in [0.5, 0.6) is 6.01 Å². The van der Waals surface area contributed by atoms with Crippen molar-refractivity contribution in [3.8, 4) is 34.1 Å². The molecule has 2 aromatic carbocycles. The van der Waals surface area contributed by atoms with Crippen LogP contribution in [-0.4, -0.2) is 61.2 Å². The van der Waals surface area contributed by atoms with E-state index in [1.54, 1.807) is 0 Å². The monoisotopic (exact) mass is 516 g/mol. The highest BCUT2D eigenvalue weighted by Crippen LogP contribution is 2.33. The molecule has 0 radical (unpaired) electrons. The number of nitrogens with one attached hydrogen (secondary N) is 2. The van der Waals surface area contributed by atoms with Gasteiger partial charge in [-0.3, -0.25) is 4.98 Å². The zero-order chi connectivity index (χ0) is 24.9. The molecule has 0 amide bonds. The third-order valence-corrected chi connectivity index (χ3v) is 7.03. The van der Waals surface area contributed by atoms with E-state index in [9.17, 15) is 4.79 Å². The summed E-state index contributed by atoms with van der Waals surface area (Å²) >= 11 is 6.60. The van der Waals surface area contributed by atoms with Gasteiger partial charge in [-0.05, 0) is 35.7 Å². The first-order chi connectivity index (χ1) is 18.1. The van der Waals surface area contributed by atoms with Crippen LogP contribution in [0.25, 0.3) is 39.2 Å². The predicted molar refractivity (Wildman–Crippen MR) is 136 cm³/mol. The molecule has 186 valence electrons. The number of hydrogen-bond acceptors (Lipinski definition) is 7. The second-order valence-electron chi connectivity index (χ2n) is 9.01. The van der Waals surface area contributed by atoms with Crippen LogP contribution in [0.4, 0.5) is 0 Å². The Bertz CT molecular complexity index is 1640. The van der Waals surface area contributed by atoms with Crippen LogP contribution < -0.4 is 10.4 Å². The van der Waals surface area contributed by atoms with E-state index in [0.717, 1.165) is 23.1 Å². The summed E-state index contributed by atoms with van der Waals surface area (Å²) in [5, 5.41) is 4.51. The predicted octanol–water partition coefficient (Wildman–Crippen LogP) is 3.75. The molecule has 10 nitrogen and oxygen atoms in total. The number of imidazole rings is 1. The van der Waals surface area contributed by atoms with Gasteiger partial charge >= 0.3 is 5.69 Å². The summed E-state index contributed by atoms with van der Waals surface area (Å²) in [6.07, 6.45) is 2.08. The molecule has 0 spiro atoms. The fourth-order valence-corrected chi connectivity index (χ4v) is 5.14. The van der Waals surface area contributed by atoms with Gasteiger partial charge in [-0.1, -0.05) is 48.0 Å². The van der Waals surface area contributed by atoms with Crippen molar-refractivity contribution in [1.82, 2.24) is 29.7 Å². The van der Waals surface area contributed by atoms with Crippen LogP contribution >= 0.6 is 11.6 Å². The molecular weight excluding hydrogens is 496 g/mol. The number of hydrogen-bond donors (Lipinski definition) is 2. The third kappa shape index (κ3) is 3.99. The minimum Gasteiger partial charge on any atom is -0.456 e. The van der Waals surface area contributed by atoms with Crippen molar-refractivity contribution in [3.05, 3.63) is 76.4 Å². The lowest BCUT2D eigenvalue weighted by molar-refractivity contribution is 0.0273. The van der Waals surface area contributed by atoms with Crippen molar-refractivity contribution >= 4 is 22.8 Å². The number of aromatic amines is 2. The van der Waals surface area contributed by atoms with Crippen molar-refractivity contribution in [2.75, 3.05) is 13.2 Å².